The molecule has 0 radical (unpaired) electrons. The van der Waals surface area contributed by atoms with Crippen LogP contribution in [-0.4, -0.2) is 70.8 Å². The van der Waals surface area contributed by atoms with Gasteiger partial charge in [-0.3, -0.25) is 9.59 Å². The van der Waals surface area contributed by atoms with Gasteiger partial charge in [0.25, 0.3) is 11.8 Å². The molecule has 1 heterocycles. The number of hydrogen-bond donors (Lipinski definition) is 6. The molecule has 0 fully saturated rings. The summed E-state index contributed by atoms with van der Waals surface area (Å²) in [4.78, 5) is 24.7. The molecular formula is C18H22N2O7. The minimum atomic E-state index is -1.09. The second kappa shape index (κ2) is 9.83. The lowest BCUT2D eigenvalue weighted by Gasteiger charge is -2.12. The minimum absolute atomic E-state index is 0.148. The zero-order valence-corrected chi connectivity index (χ0v) is 14.5. The number of carbonyl (C=O) groups excluding carboxylic acids is 2. The highest BCUT2D eigenvalue weighted by molar-refractivity contribution is 6.01. The summed E-state index contributed by atoms with van der Waals surface area (Å²) in [5.41, 5.74) is 0.798. The van der Waals surface area contributed by atoms with Crippen LogP contribution in [0.2, 0.25) is 0 Å². The van der Waals surface area contributed by atoms with Crippen molar-refractivity contribution in [3.63, 3.8) is 0 Å². The smallest absolute Gasteiger partial charge is 0.251 e. The quantitative estimate of drug-likeness (QED) is 0.331. The van der Waals surface area contributed by atoms with Crippen LogP contribution >= 0.6 is 0 Å². The summed E-state index contributed by atoms with van der Waals surface area (Å²) in [5.74, 6) is -0.634. The Morgan fingerprint density at radius 2 is 1.44 bits per heavy atom. The molecule has 2 rings (SSSR count). The van der Waals surface area contributed by atoms with Crippen molar-refractivity contribution in [1.29, 1.82) is 0 Å². The zero-order valence-electron chi connectivity index (χ0n) is 14.5. The minimum Gasteiger partial charge on any atom is -0.464 e. The Balaban J connectivity index is 2.26. The predicted octanol–water partition coefficient (Wildman–Crippen LogP) is -0.887. The molecule has 0 aliphatic carbocycles. The maximum absolute atomic E-state index is 12.3. The van der Waals surface area contributed by atoms with E-state index in [1.807, 2.05) is 0 Å². The average Bonchev–Trinajstić information content (AvgIpc) is 3.24. The summed E-state index contributed by atoms with van der Waals surface area (Å²) < 4.78 is 5.31. The van der Waals surface area contributed by atoms with Crippen molar-refractivity contribution in [3.05, 3.63) is 47.7 Å². The van der Waals surface area contributed by atoms with Gasteiger partial charge in [-0.1, -0.05) is 0 Å². The molecule has 1 aromatic heterocycles. The number of furan rings is 1. The van der Waals surface area contributed by atoms with E-state index in [-0.39, 0.29) is 24.2 Å². The number of carbonyl (C=O) groups is 2. The topological polar surface area (TPSA) is 152 Å². The van der Waals surface area contributed by atoms with Gasteiger partial charge in [0.2, 0.25) is 0 Å². The lowest BCUT2D eigenvalue weighted by atomic mass is 10.0. The molecule has 6 N–H and O–H groups in total. The Bertz CT molecular complexity index is 717. The highest BCUT2D eigenvalue weighted by Crippen LogP contribution is 2.23. The Labute approximate surface area is 155 Å². The molecule has 1 aromatic carbocycles. The summed E-state index contributed by atoms with van der Waals surface area (Å²) in [7, 11) is 0. The summed E-state index contributed by atoms with van der Waals surface area (Å²) in [5, 5.41) is 41.3. The first-order valence-corrected chi connectivity index (χ1v) is 8.27. The number of nitrogens with one attached hydrogen (secondary N) is 2. The summed E-state index contributed by atoms with van der Waals surface area (Å²) in [6.45, 7) is -1.28. The van der Waals surface area contributed by atoms with Gasteiger partial charge < -0.3 is 35.5 Å². The molecule has 0 saturated carbocycles. The number of aliphatic hydroxyl groups excluding tert-OH is 4. The Morgan fingerprint density at radius 1 is 0.926 bits per heavy atom. The van der Waals surface area contributed by atoms with Gasteiger partial charge in [0.1, 0.15) is 5.76 Å². The third kappa shape index (κ3) is 5.90. The van der Waals surface area contributed by atoms with Crippen LogP contribution in [0.4, 0.5) is 0 Å². The molecule has 27 heavy (non-hydrogen) atoms. The Hall–Kier alpha value is -2.72. The van der Waals surface area contributed by atoms with Crippen LogP contribution in [0.25, 0.3) is 11.3 Å². The van der Waals surface area contributed by atoms with Crippen molar-refractivity contribution < 1.29 is 34.4 Å². The number of hydrogen-bond acceptors (Lipinski definition) is 7. The van der Waals surface area contributed by atoms with E-state index in [9.17, 15) is 19.8 Å². The first kappa shape index (κ1) is 20.6. The number of rotatable bonds is 9. The molecule has 9 nitrogen and oxygen atoms in total. The molecule has 0 spiro atoms. The first-order chi connectivity index (χ1) is 12.9. The van der Waals surface area contributed by atoms with E-state index in [1.54, 1.807) is 12.1 Å². The van der Waals surface area contributed by atoms with Gasteiger partial charge in [-0.25, -0.2) is 0 Å². The third-order valence-corrected chi connectivity index (χ3v) is 3.68. The van der Waals surface area contributed by atoms with Crippen LogP contribution in [0.1, 0.15) is 20.7 Å². The normalized spacial score (nSPS) is 13.0. The Kier molecular flexibility index (Phi) is 7.50. The van der Waals surface area contributed by atoms with Gasteiger partial charge >= 0.3 is 0 Å². The molecule has 2 amide bonds. The van der Waals surface area contributed by atoms with E-state index in [1.165, 1.54) is 24.5 Å². The van der Waals surface area contributed by atoms with Gasteiger partial charge in [0.15, 0.2) is 0 Å². The van der Waals surface area contributed by atoms with Crippen molar-refractivity contribution in [3.8, 4) is 11.3 Å². The van der Waals surface area contributed by atoms with Gasteiger partial charge in [-0.2, -0.15) is 0 Å². The van der Waals surface area contributed by atoms with Gasteiger partial charge in [-0.15, -0.1) is 0 Å². The molecule has 0 saturated heterocycles. The van der Waals surface area contributed by atoms with Crippen molar-refractivity contribution in [2.45, 2.75) is 12.2 Å². The zero-order chi connectivity index (χ0) is 19.8. The van der Waals surface area contributed by atoms with Gasteiger partial charge in [0.05, 0.1) is 31.7 Å². The van der Waals surface area contributed by atoms with E-state index < -0.39 is 37.2 Å². The number of benzene rings is 1. The van der Waals surface area contributed by atoms with Crippen molar-refractivity contribution in [1.82, 2.24) is 10.6 Å². The largest absolute Gasteiger partial charge is 0.464 e. The maximum atomic E-state index is 12.3. The summed E-state index contributed by atoms with van der Waals surface area (Å²) >= 11 is 0. The lowest BCUT2D eigenvalue weighted by Crippen LogP contribution is -2.35. The molecule has 0 aliphatic rings. The third-order valence-electron chi connectivity index (χ3n) is 3.68. The van der Waals surface area contributed by atoms with Crippen molar-refractivity contribution >= 4 is 11.8 Å². The van der Waals surface area contributed by atoms with Gasteiger partial charge in [0, 0.05) is 29.8 Å². The standard InChI is InChI=1S/C18H22N2O7/c21-9-14(23)7-19-17(25)12-4-11(16-2-1-3-27-16)5-13(6-12)18(26)20-8-15(24)10-22/h1-6,14-15,21-24H,7-10H2,(H,19,25)(H,20,26). The number of amides is 2. The highest BCUT2D eigenvalue weighted by atomic mass is 16.3. The molecule has 9 heteroatoms. The molecular weight excluding hydrogens is 356 g/mol. The summed E-state index contributed by atoms with van der Waals surface area (Å²) in [6.07, 6.45) is -0.730. The van der Waals surface area contributed by atoms with Crippen LogP contribution in [0.15, 0.2) is 41.0 Å². The second-order valence-corrected chi connectivity index (χ2v) is 5.87. The van der Waals surface area contributed by atoms with E-state index in [0.29, 0.717) is 11.3 Å². The highest BCUT2D eigenvalue weighted by Gasteiger charge is 2.16. The molecule has 2 atom stereocenters. The van der Waals surface area contributed by atoms with Crippen LogP contribution < -0.4 is 10.6 Å². The molecule has 2 aromatic rings. The molecule has 2 unspecified atom stereocenters. The van der Waals surface area contributed by atoms with Gasteiger partial charge in [-0.05, 0) is 30.3 Å². The monoisotopic (exact) mass is 378 g/mol. The molecule has 0 aliphatic heterocycles. The van der Waals surface area contributed by atoms with E-state index in [4.69, 9.17) is 14.6 Å². The van der Waals surface area contributed by atoms with E-state index in [2.05, 4.69) is 10.6 Å². The second-order valence-electron chi connectivity index (χ2n) is 5.87. The fourth-order valence-electron chi connectivity index (χ4n) is 2.23. The average molecular weight is 378 g/mol. The van der Waals surface area contributed by atoms with Crippen LogP contribution in [-0.2, 0) is 0 Å². The fraction of sp³-hybridized carbons (Fsp3) is 0.333. The maximum Gasteiger partial charge on any atom is 0.251 e. The summed E-state index contributed by atoms with van der Waals surface area (Å²) in [6, 6.07) is 7.74. The molecule has 146 valence electrons. The Morgan fingerprint density at radius 3 is 1.85 bits per heavy atom. The number of aliphatic hydroxyl groups is 4. The molecule has 0 bridgehead atoms. The van der Waals surface area contributed by atoms with Crippen LogP contribution in [0.5, 0.6) is 0 Å². The van der Waals surface area contributed by atoms with E-state index >= 15 is 0 Å². The SMILES string of the molecule is O=C(NCC(O)CO)c1cc(C(=O)NCC(O)CO)cc(-c2ccco2)c1. The van der Waals surface area contributed by atoms with E-state index in [0.717, 1.165) is 0 Å². The van der Waals surface area contributed by atoms with Crippen molar-refractivity contribution in [2.24, 2.45) is 0 Å². The first-order valence-electron chi connectivity index (χ1n) is 8.27. The fourth-order valence-corrected chi connectivity index (χ4v) is 2.23. The lowest BCUT2D eigenvalue weighted by molar-refractivity contribution is 0.0800. The van der Waals surface area contributed by atoms with Crippen molar-refractivity contribution in [2.75, 3.05) is 26.3 Å². The van der Waals surface area contributed by atoms with Crippen LogP contribution in [0.3, 0.4) is 0 Å². The van der Waals surface area contributed by atoms with Crippen LogP contribution in [0, 0.1) is 0 Å². The predicted molar refractivity (Wildman–Crippen MR) is 95.0 cm³/mol.